The summed E-state index contributed by atoms with van der Waals surface area (Å²) in [7, 11) is -3.18. The molecule has 0 bridgehead atoms. The molecule has 1 aliphatic heterocycles. The number of aromatic nitrogens is 2. The Hall–Kier alpha value is -0.950. The highest BCUT2D eigenvalue weighted by molar-refractivity contribution is 7.89. The molecule has 0 amide bonds. The summed E-state index contributed by atoms with van der Waals surface area (Å²) in [6.45, 7) is 3.91. The van der Waals surface area contributed by atoms with E-state index in [4.69, 9.17) is 4.52 Å². The minimum atomic E-state index is -3.18. The van der Waals surface area contributed by atoms with Crippen molar-refractivity contribution in [3.8, 4) is 0 Å². The molecule has 1 saturated heterocycles. The Morgan fingerprint density at radius 2 is 2.31 bits per heavy atom. The van der Waals surface area contributed by atoms with Crippen molar-refractivity contribution in [3.63, 3.8) is 0 Å². The molecular weight excluding hydrogens is 230 g/mol. The lowest BCUT2D eigenvalue weighted by Gasteiger charge is -2.20. The molecule has 7 heteroatoms. The summed E-state index contributed by atoms with van der Waals surface area (Å²) >= 11 is 0. The van der Waals surface area contributed by atoms with Gasteiger partial charge in [0.1, 0.15) is 6.04 Å². The summed E-state index contributed by atoms with van der Waals surface area (Å²) in [6.07, 6.45) is 1.59. The number of hydrogen-bond acceptors (Lipinski definition) is 5. The van der Waals surface area contributed by atoms with E-state index in [1.165, 1.54) is 4.31 Å². The molecule has 0 saturated carbocycles. The van der Waals surface area contributed by atoms with Gasteiger partial charge >= 0.3 is 0 Å². The maximum atomic E-state index is 11.8. The third kappa shape index (κ3) is 1.97. The number of hydrogen-bond donors (Lipinski definition) is 0. The maximum absolute atomic E-state index is 11.8. The number of sulfonamides is 1. The SMILES string of the molecule is CCS(=O)(=O)N1CCCC1c1nc(C)no1. The van der Waals surface area contributed by atoms with E-state index in [0.29, 0.717) is 18.3 Å². The minimum Gasteiger partial charge on any atom is -0.338 e. The van der Waals surface area contributed by atoms with Crippen molar-refractivity contribution in [2.24, 2.45) is 0 Å². The number of rotatable bonds is 3. The highest BCUT2D eigenvalue weighted by Gasteiger charge is 2.37. The average molecular weight is 245 g/mol. The van der Waals surface area contributed by atoms with E-state index in [9.17, 15) is 8.42 Å². The van der Waals surface area contributed by atoms with Crippen LogP contribution in [0, 0.1) is 6.92 Å². The van der Waals surface area contributed by atoms with Crippen LogP contribution < -0.4 is 0 Å². The molecule has 1 aromatic heterocycles. The topological polar surface area (TPSA) is 76.3 Å². The first-order valence-corrected chi connectivity index (χ1v) is 6.95. The Morgan fingerprint density at radius 3 is 2.88 bits per heavy atom. The zero-order valence-electron chi connectivity index (χ0n) is 9.38. The van der Waals surface area contributed by atoms with E-state index in [-0.39, 0.29) is 11.8 Å². The monoisotopic (exact) mass is 245 g/mol. The summed E-state index contributed by atoms with van der Waals surface area (Å²) in [5.41, 5.74) is 0. The third-order valence-electron chi connectivity index (χ3n) is 2.75. The molecule has 0 aliphatic carbocycles. The van der Waals surface area contributed by atoms with Gasteiger partial charge in [0.25, 0.3) is 0 Å². The first-order chi connectivity index (χ1) is 7.54. The Kier molecular flexibility index (Phi) is 2.98. The Morgan fingerprint density at radius 1 is 1.56 bits per heavy atom. The van der Waals surface area contributed by atoms with Gasteiger partial charge in [-0.1, -0.05) is 5.16 Å². The maximum Gasteiger partial charge on any atom is 0.245 e. The van der Waals surface area contributed by atoms with Crippen LogP contribution in [0.4, 0.5) is 0 Å². The summed E-state index contributed by atoms with van der Waals surface area (Å²) in [5, 5.41) is 3.70. The smallest absolute Gasteiger partial charge is 0.245 e. The molecule has 1 unspecified atom stereocenters. The molecule has 2 rings (SSSR count). The fourth-order valence-corrected chi connectivity index (χ4v) is 3.26. The molecule has 6 nitrogen and oxygen atoms in total. The molecule has 90 valence electrons. The second-order valence-electron chi connectivity index (χ2n) is 3.85. The lowest BCUT2D eigenvalue weighted by molar-refractivity contribution is 0.290. The van der Waals surface area contributed by atoms with Gasteiger partial charge in [-0.05, 0) is 26.7 Å². The molecule has 1 fully saturated rings. The highest BCUT2D eigenvalue weighted by Crippen LogP contribution is 2.33. The molecule has 0 spiro atoms. The van der Waals surface area contributed by atoms with Crippen LogP contribution in [0.2, 0.25) is 0 Å². The second-order valence-corrected chi connectivity index (χ2v) is 6.06. The zero-order valence-corrected chi connectivity index (χ0v) is 10.2. The van der Waals surface area contributed by atoms with E-state index in [1.807, 2.05) is 0 Å². The van der Waals surface area contributed by atoms with Gasteiger partial charge in [-0.25, -0.2) is 8.42 Å². The van der Waals surface area contributed by atoms with Gasteiger partial charge in [-0.3, -0.25) is 0 Å². The lowest BCUT2D eigenvalue weighted by atomic mass is 10.2. The zero-order chi connectivity index (χ0) is 11.8. The van der Waals surface area contributed by atoms with Crippen molar-refractivity contribution in [1.29, 1.82) is 0 Å². The van der Waals surface area contributed by atoms with Gasteiger partial charge in [-0.15, -0.1) is 0 Å². The molecule has 0 aromatic carbocycles. The first-order valence-electron chi connectivity index (χ1n) is 5.34. The van der Waals surface area contributed by atoms with Crippen LogP contribution in [0.3, 0.4) is 0 Å². The van der Waals surface area contributed by atoms with Crippen molar-refractivity contribution < 1.29 is 12.9 Å². The number of nitrogens with zero attached hydrogens (tertiary/aromatic N) is 3. The van der Waals surface area contributed by atoms with Crippen molar-refractivity contribution in [2.45, 2.75) is 32.7 Å². The van der Waals surface area contributed by atoms with Crippen molar-refractivity contribution >= 4 is 10.0 Å². The van der Waals surface area contributed by atoms with Crippen LogP contribution in [0.15, 0.2) is 4.52 Å². The molecule has 0 N–H and O–H groups in total. The Labute approximate surface area is 94.7 Å². The Balaban J connectivity index is 2.28. The van der Waals surface area contributed by atoms with Gasteiger partial charge in [0.2, 0.25) is 15.9 Å². The van der Waals surface area contributed by atoms with E-state index in [0.717, 1.165) is 12.8 Å². The fraction of sp³-hybridized carbons (Fsp3) is 0.778. The van der Waals surface area contributed by atoms with Crippen molar-refractivity contribution in [1.82, 2.24) is 14.4 Å². The fourth-order valence-electron chi connectivity index (χ4n) is 1.93. The molecule has 0 radical (unpaired) electrons. The lowest BCUT2D eigenvalue weighted by Crippen LogP contribution is -2.32. The highest BCUT2D eigenvalue weighted by atomic mass is 32.2. The molecule has 1 aliphatic rings. The largest absolute Gasteiger partial charge is 0.338 e. The Bertz CT molecular complexity index is 468. The summed E-state index contributed by atoms with van der Waals surface area (Å²) in [5.74, 6) is 1.05. The van der Waals surface area contributed by atoms with E-state index in [1.54, 1.807) is 13.8 Å². The van der Waals surface area contributed by atoms with Crippen LogP contribution in [0.1, 0.15) is 37.5 Å². The van der Waals surface area contributed by atoms with Crippen molar-refractivity contribution in [3.05, 3.63) is 11.7 Å². The van der Waals surface area contributed by atoms with Gasteiger partial charge < -0.3 is 4.52 Å². The van der Waals surface area contributed by atoms with E-state index < -0.39 is 10.0 Å². The molecule has 1 atom stereocenters. The first kappa shape index (κ1) is 11.5. The predicted octanol–water partition coefficient (Wildman–Crippen LogP) is 0.865. The second kappa shape index (κ2) is 4.14. The number of aryl methyl sites for hydroxylation is 1. The van der Waals surface area contributed by atoms with Crippen LogP contribution in [0.25, 0.3) is 0 Å². The third-order valence-corrected chi connectivity index (χ3v) is 4.64. The summed E-state index contributed by atoms with van der Waals surface area (Å²) in [4.78, 5) is 4.11. The molecule has 2 heterocycles. The van der Waals surface area contributed by atoms with Gasteiger partial charge in [0, 0.05) is 6.54 Å². The molecule has 1 aromatic rings. The normalized spacial score (nSPS) is 22.8. The van der Waals surface area contributed by atoms with Gasteiger partial charge in [-0.2, -0.15) is 9.29 Å². The molecule has 16 heavy (non-hydrogen) atoms. The minimum absolute atomic E-state index is 0.108. The summed E-state index contributed by atoms with van der Waals surface area (Å²) in [6, 6.07) is -0.272. The van der Waals surface area contributed by atoms with Crippen molar-refractivity contribution in [2.75, 3.05) is 12.3 Å². The van der Waals surface area contributed by atoms with Crippen LogP contribution in [-0.4, -0.2) is 35.2 Å². The molecular formula is C9H15N3O3S. The van der Waals surface area contributed by atoms with Crippen LogP contribution in [-0.2, 0) is 10.0 Å². The van der Waals surface area contributed by atoms with Crippen LogP contribution >= 0.6 is 0 Å². The van der Waals surface area contributed by atoms with Gasteiger partial charge in [0.15, 0.2) is 5.82 Å². The average Bonchev–Trinajstić information content (AvgIpc) is 2.85. The van der Waals surface area contributed by atoms with Gasteiger partial charge in [0.05, 0.1) is 5.75 Å². The van der Waals surface area contributed by atoms with E-state index >= 15 is 0 Å². The quantitative estimate of drug-likeness (QED) is 0.789. The van der Waals surface area contributed by atoms with Crippen LogP contribution in [0.5, 0.6) is 0 Å². The predicted molar refractivity (Wildman–Crippen MR) is 57.2 cm³/mol. The standard InChI is InChI=1S/C9H15N3O3S/c1-3-16(13,14)12-6-4-5-8(12)9-10-7(2)11-15-9/h8H,3-6H2,1-2H3. The summed E-state index contributed by atoms with van der Waals surface area (Å²) < 4.78 is 30.2. The van der Waals surface area contributed by atoms with E-state index in [2.05, 4.69) is 10.1 Å².